The van der Waals surface area contributed by atoms with E-state index in [0.29, 0.717) is 36.5 Å². The minimum Gasteiger partial charge on any atom is -0.326 e. The first kappa shape index (κ1) is 25.7. The zero-order valence-electron chi connectivity index (χ0n) is 19.2. The number of anilines is 1. The Morgan fingerprint density at radius 2 is 1.75 bits per heavy atom. The highest BCUT2D eigenvalue weighted by molar-refractivity contribution is 6.14. The highest BCUT2D eigenvalue weighted by Crippen LogP contribution is 2.39. The van der Waals surface area contributed by atoms with Crippen molar-refractivity contribution in [1.29, 1.82) is 0 Å². The maximum absolute atomic E-state index is 13.5. The van der Waals surface area contributed by atoms with Gasteiger partial charge in [0, 0.05) is 18.0 Å². The maximum atomic E-state index is 13.5. The lowest BCUT2D eigenvalue weighted by molar-refractivity contribution is -0.143. The molecule has 1 fully saturated rings. The average Bonchev–Trinajstić information content (AvgIpc) is 3.64. The number of amides is 2. The van der Waals surface area contributed by atoms with Crippen LogP contribution in [0, 0.1) is 5.92 Å². The summed E-state index contributed by atoms with van der Waals surface area (Å²) < 4.78 is 79.4. The summed E-state index contributed by atoms with van der Waals surface area (Å²) in [5.74, 6) is -1.39. The van der Waals surface area contributed by atoms with E-state index in [4.69, 9.17) is 0 Å². The molecule has 0 spiro atoms. The molecule has 0 radical (unpaired) electrons. The van der Waals surface area contributed by atoms with Crippen LogP contribution in [0.15, 0.2) is 47.5 Å². The smallest absolute Gasteiger partial charge is 0.326 e. The fourth-order valence-corrected chi connectivity index (χ4v) is 4.23. The summed E-state index contributed by atoms with van der Waals surface area (Å²) in [6, 6.07) is 8.33. The molecule has 1 aliphatic carbocycles. The molecule has 1 aliphatic heterocycles. The molecule has 11 heteroatoms. The Morgan fingerprint density at radius 1 is 1.06 bits per heavy atom. The summed E-state index contributed by atoms with van der Waals surface area (Å²) in [4.78, 5) is 32.2. The summed E-state index contributed by atoms with van der Waals surface area (Å²) in [7, 11) is 0. The second-order valence-corrected chi connectivity index (χ2v) is 8.81. The van der Waals surface area contributed by atoms with Crippen LogP contribution in [-0.4, -0.2) is 30.2 Å². The van der Waals surface area contributed by atoms with Crippen LogP contribution in [0.5, 0.6) is 0 Å². The molecule has 5 nitrogen and oxygen atoms in total. The van der Waals surface area contributed by atoms with Crippen LogP contribution >= 0.6 is 0 Å². The number of fused-ring (bicyclic) bond motifs is 1. The number of nitrogens with zero attached hydrogens (tertiary/aromatic N) is 2. The quantitative estimate of drug-likeness (QED) is 0.531. The number of benzodiazepines with no additional fused rings is 1. The second-order valence-electron chi connectivity index (χ2n) is 8.81. The van der Waals surface area contributed by atoms with E-state index in [-0.39, 0.29) is 12.0 Å². The van der Waals surface area contributed by atoms with Crippen molar-refractivity contribution in [3.63, 3.8) is 0 Å². The van der Waals surface area contributed by atoms with E-state index >= 15 is 0 Å². The zero-order chi connectivity index (χ0) is 26.3. The van der Waals surface area contributed by atoms with Crippen molar-refractivity contribution < 1.29 is 35.9 Å². The number of rotatable bonds is 6. The second kappa shape index (κ2) is 9.59. The Labute approximate surface area is 203 Å². The van der Waals surface area contributed by atoms with Crippen molar-refractivity contribution in [3.8, 4) is 0 Å². The van der Waals surface area contributed by atoms with Crippen molar-refractivity contribution in [1.82, 2.24) is 5.32 Å². The van der Waals surface area contributed by atoms with E-state index in [1.807, 2.05) is 19.1 Å². The summed E-state index contributed by atoms with van der Waals surface area (Å²) in [5, 5.41) is 2.41. The zero-order valence-corrected chi connectivity index (χ0v) is 19.2. The first-order chi connectivity index (χ1) is 16.9. The van der Waals surface area contributed by atoms with Crippen molar-refractivity contribution in [2.45, 2.75) is 51.1 Å². The molecule has 1 N–H and O–H groups in total. The minimum atomic E-state index is -5.11. The van der Waals surface area contributed by atoms with Gasteiger partial charge in [-0.3, -0.25) is 14.6 Å². The molecule has 0 saturated heterocycles. The summed E-state index contributed by atoms with van der Waals surface area (Å²) >= 11 is 0. The Balaban J connectivity index is 1.64. The maximum Gasteiger partial charge on any atom is 0.416 e. The molecule has 1 unspecified atom stereocenters. The Kier molecular flexibility index (Phi) is 6.85. The van der Waals surface area contributed by atoms with E-state index in [9.17, 15) is 35.9 Å². The SMILES string of the molecule is CCCN1C(=O)C(NC(=O)Cc2ccc(C(F)(F)F)cc2C(F)(F)F)N=C(C2CC2)c2ccccc21. The van der Waals surface area contributed by atoms with Crippen molar-refractivity contribution in [3.05, 3.63) is 64.7 Å². The van der Waals surface area contributed by atoms with Crippen molar-refractivity contribution in [2.75, 3.05) is 11.4 Å². The molecule has 1 atom stereocenters. The predicted octanol–water partition coefficient (Wildman–Crippen LogP) is 5.36. The Hall–Kier alpha value is -3.37. The number of carbonyl (C=O) groups is 2. The standard InChI is InChI=1S/C25H23F6N3O2/c1-2-11-34-19-6-4-3-5-17(19)21(14-7-8-14)33-22(23(34)36)32-20(35)12-15-9-10-16(24(26,27)28)13-18(15)25(29,30)31/h3-6,9-10,13-14,22H,2,7-8,11-12H2,1H3,(H,32,35). The van der Waals surface area contributed by atoms with Crippen LogP contribution in [0.1, 0.15) is 48.4 Å². The molecular weight excluding hydrogens is 488 g/mol. The third kappa shape index (κ3) is 5.39. The molecule has 2 amide bonds. The molecule has 0 bridgehead atoms. The number of aliphatic imine (C=N–C) groups is 1. The van der Waals surface area contributed by atoms with Gasteiger partial charge in [-0.25, -0.2) is 0 Å². The van der Waals surface area contributed by atoms with Gasteiger partial charge in [0.2, 0.25) is 12.1 Å². The number of hydrogen-bond acceptors (Lipinski definition) is 3. The Morgan fingerprint density at radius 3 is 2.36 bits per heavy atom. The van der Waals surface area contributed by atoms with Crippen LogP contribution in [-0.2, 0) is 28.4 Å². The lowest BCUT2D eigenvalue weighted by atomic mass is 10.00. The van der Waals surface area contributed by atoms with Gasteiger partial charge in [-0.2, -0.15) is 26.3 Å². The van der Waals surface area contributed by atoms with Crippen LogP contribution < -0.4 is 10.2 Å². The van der Waals surface area contributed by atoms with Crippen LogP contribution in [0.25, 0.3) is 0 Å². The molecule has 1 heterocycles. The third-order valence-corrected chi connectivity index (χ3v) is 6.04. The number of benzene rings is 2. The van der Waals surface area contributed by atoms with Gasteiger partial charge in [-0.1, -0.05) is 31.2 Å². The number of carbonyl (C=O) groups excluding carboxylic acids is 2. The molecule has 192 valence electrons. The molecule has 1 saturated carbocycles. The van der Waals surface area contributed by atoms with Crippen LogP contribution in [0.3, 0.4) is 0 Å². The first-order valence-electron chi connectivity index (χ1n) is 11.4. The van der Waals surface area contributed by atoms with E-state index in [1.165, 1.54) is 4.90 Å². The molecule has 0 aromatic heterocycles. The van der Waals surface area contributed by atoms with Gasteiger partial charge in [-0.15, -0.1) is 0 Å². The number of alkyl halides is 6. The lowest BCUT2D eigenvalue weighted by Gasteiger charge is -2.25. The summed E-state index contributed by atoms with van der Waals surface area (Å²) in [6.45, 7) is 2.22. The van der Waals surface area contributed by atoms with Gasteiger partial charge in [0.15, 0.2) is 0 Å². The number of halogens is 6. The van der Waals surface area contributed by atoms with Gasteiger partial charge in [0.05, 0.1) is 28.9 Å². The monoisotopic (exact) mass is 511 g/mol. The highest BCUT2D eigenvalue weighted by atomic mass is 19.4. The van der Waals surface area contributed by atoms with E-state index in [0.717, 1.165) is 18.4 Å². The van der Waals surface area contributed by atoms with Gasteiger partial charge in [0.25, 0.3) is 5.91 Å². The van der Waals surface area contributed by atoms with Gasteiger partial charge < -0.3 is 10.2 Å². The van der Waals surface area contributed by atoms with E-state index in [2.05, 4.69) is 10.3 Å². The summed E-state index contributed by atoms with van der Waals surface area (Å²) in [5.41, 5.74) is -1.59. The molecule has 2 aliphatic rings. The highest BCUT2D eigenvalue weighted by Gasteiger charge is 2.40. The van der Waals surface area contributed by atoms with Crippen molar-refractivity contribution in [2.24, 2.45) is 10.9 Å². The summed E-state index contributed by atoms with van der Waals surface area (Å²) in [6.07, 6.45) is -9.99. The van der Waals surface area contributed by atoms with Gasteiger partial charge in [0.1, 0.15) is 0 Å². The van der Waals surface area contributed by atoms with Gasteiger partial charge >= 0.3 is 12.4 Å². The minimum absolute atomic E-state index is 0.0115. The first-order valence-corrected chi connectivity index (χ1v) is 11.4. The number of hydrogen-bond donors (Lipinski definition) is 1. The topological polar surface area (TPSA) is 61.8 Å². The fraction of sp³-hybridized carbons (Fsp3) is 0.400. The normalized spacial score (nSPS) is 18.4. The average molecular weight is 511 g/mol. The van der Waals surface area contributed by atoms with Gasteiger partial charge in [-0.05, 0) is 43.0 Å². The van der Waals surface area contributed by atoms with E-state index < -0.39 is 53.4 Å². The van der Waals surface area contributed by atoms with E-state index in [1.54, 1.807) is 12.1 Å². The Bertz CT molecular complexity index is 1200. The fourth-order valence-electron chi connectivity index (χ4n) is 4.23. The van der Waals surface area contributed by atoms with Crippen LogP contribution in [0.2, 0.25) is 0 Å². The molecule has 4 rings (SSSR count). The largest absolute Gasteiger partial charge is 0.416 e. The predicted molar refractivity (Wildman–Crippen MR) is 120 cm³/mol. The molecular formula is C25H23F6N3O2. The molecule has 36 heavy (non-hydrogen) atoms. The van der Waals surface area contributed by atoms with Crippen molar-refractivity contribution >= 4 is 23.2 Å². The number of nitrogens with one attached hydrogen (secondary N) is 1. The molecule has 2 aromatic rings. The molecule has 2 aromatic carbocycles. The third-order valence-electron chi connectivity index (χ3n) is 6.04. The van der Waals surface area contributed by atoms with Crippen LogP contribution in [0.4, 0.5) is 32.0 Å². The number of para-hydroxylation sites is 1. The lowest BCUT2D eigenvalue weighted by Crippen LogP contribution is -2.48.